The molecule has 1 N–H and O–H groups in total. The molecule has 0 aliphatic carbocycles. The lowest BCUT2D eigenvalue weighted by Gasteiger charge is -2.41. The molecule has 0 saturated carbocycles. The van der Waals surface area contributed by atoms with Crippen LogP contribution in [-0.2, 0) is 19.1 Å². The molecule has 1 aliphatic heterocycles. The van der Waals surface area contributed by atoms with E-state index in [1.54, 1.807) is 31.9 Å². The maximum atomic E-state index is 13.5. The van der Waals surface area contributed by atoms with Crippen molar-refractivity contribution in [2.75, 3.05) is 20.2 Å². The van der Waals surface area contributed by atoms with Crippen molar-refractivity contribution in [3.8, 4) is 0 Å². The van der Waals surface area contributed by atoms with Gasteiger partial charge in [-0.05, 0) is 58.3 Å². The molecule has 190 valence electrons. The van der Waals surface area contributed by atoms with Gasteiger partial charge < -0.3 is 15.0 Å². The Balaban J connectivity index is 3.07. The van der Waals surface area contributed by atoms with Gasteiger partial charge in [0.1, 0.15) is 6.04 Å². The number of nitrogens with one attached hydrogen (secondary N) is 1. The minimum atomic E-state index is -0.631. The van der Waals surface area contributed by atoms with Gasteiger partial charge in [0.05, 0.1) is 18.7 Å². The van der Waals surface area contributed by atoms with Crippen LogP contribution in [0.3, 0.4) is 0 Å². The molecule has 2 amide bonds. The molecule has 1 saturated heterocycles. The highest BCUT2D eigenvalue weighted by atomic mass is 16.5. The fourth-order valence-electron chi connectivity index (χ4n) is 4.49. The van der Waals surface area contributed by atoms with Crippen LogP contribution in [-0.4, -0.2) is 72.0 Å². The lowest BCUT2D eigenvalue weighted by atomic mass is 9.91. The third kappa shape index (κ3) is 8.13. The monoisotopic (exact) mass is 465 g/mol. The Morgan fingerprint density at radius 2 is 1.70 bits per heavy atom. The van der Waals surface area contributed by atoms with E-state index in [0.29, 0.717) is 18.1 Å². The summed E-state index contributed by atoms with van der Waals surface area (Å²) in [5.41, 5.74) is 0.476. The lowest BCUT2D eigenvalue weighted by molar-refractivity contribution is -0.140. The van der Waals surface area contributed by atoms with Gasteiger partial charge in [-0.1, -0.05) is 40.7 Å². The number of hydrogen-bond donors (Lipinski definition) is 1. The SMILES string of the molecule is CCOC(=O)/C(C)=C/[C@H](C(C)C)N(C)C(=O)[C@@H](NC(=O)C1CC[C@@H](C)CN1C(C)C)C(C)C. The van der Waals surface area contributed by atoms with E-state index in [2.05, 4.69) is 31.0 Å². The number of carbonyl (C=O) groups is 3. The number of carbonyl (C=O) groups excluding carboxylic acids is 3. The van der Waals surface area contributed by atoms with Gasteiger partial charge in [0.25, 0.3) is 0 Å². The molecular formula is C26H47N3O4. The van der Waals surface area contributed by atoms with Gasteiger partial charge in [-0.3, -0.25) is 14.5 Å². The topological polar surface area (TPSA) is 79.0 Å². The van der Waals surface area contributed by atoms with Crippen LogP contribution in [0.5, 0.6) is 0 Å². The van der Waals surface area contributed by atoms with Crippen molar-refractivity contribution in [3.63, 3.8) is 0 Å². The molecule has 7 heteroatoms. The Morgan fingerprint density at radius 3 is 2.18 bits per heavy atom. The fraction of sp³-hybridized carbons (Fsp3) is 0.808. The van der Waals surface area contributed by atoms with Crippen molar-refractivity contribution in [2.24, 2.45) is 17.8 Å². The van der Waals surface area contributed by atoms with Gasteiger partial charge in [-0.2, -0.15) is 0 Å². The predicted octanol–water partition coefficient (Wildman–Crippen LogP) is 3.63. The van der Waals surface area contributed by atoms with Crippen LogP contribution < -0.4 is 5.32 Å². The number of likely N-dealkylation sites (N-methyl/N-ethyl adjacent to an activating group) is 1. The Morgan fingerprint density at radius 1 is 1.09 bits per heavy atom. The van der Waals surface area contributed by atoms with Crippen LogP contribution in [0.1, 0.15) is 75.2 Å². The molecule has 0 bridgehead atoms. The van der Waals surface area contributed by atoms with Crippen molar-refractivity contribution in [1.82, 2.24) is 15.1 Å². The van der Waals surface area contributed by atoms with Crippen molar-refractivity contribution < 1.29 is 19.1 Å². The lowest BCUT2D eigenvalue weighted by Crippen LogP contribution is -2.59. The third-order valence-corrected chi connectivity index (χ3v) is 6.55. The zero-order chi connectivity index (χ0) is 25.5. The Bertz CT molecular complexity index is 702. The van der Waals surface area contributed by atoms with Gasteiger partial charge in [0.15, 0.2) is 0 Å². The second-order valence-corrected chi connectivity index (χ2v) is 10.5. The van der Waals surface area contributed by atoms with Crippen molar-refractivity contribution >= 4 is 17.8 Å². The third-order valence-electron chi connectivity index (χ3n) is 6.55. The first-order valence-electron chi connectivity index (χ1n) is 12.5. The summed E-state index contributed by atoms with van der Waals surface area (Å²) in [6.07, 6.45) is 3.60. The molecule has 1 aliphatic rings. The summed E-state index contributed by atoms with van der Waals surface area (Å²) in [6.45, 7) is 19.0. The maximum Gasteiger partial charge on any atom is 0.333 e. The number of rotatable bonds is 10. The molecule has 0 aromatic heterocycles. The van der Waals surface area contributed by atoms with E-state index in [4.69, 9.17) is 4.74 Å². The van der Waals surface area contributed by atoms with Crippen LogP contribution in [0.25, 0.3) is 0 Å². The molecule has 1 fully saturated rings. The summed E-state index contributed by atoms with van der Waals surface area (Å²) in [5.74, 6) is -0.0186. The van der Waals surface area contributed by atoms with Crippen LogP contribution in [0.2, 0.25) is 0 Å². The molecule has 33 heavy (non-hydrogen) atoms. The highest BCUT2D eigenvalue weighted by Crippen LogP contribution is 2.24. The summed E-state index contributed by atoms with van der Waals surface area (Å²) in [4.78, 5) is 42.9. The van der Waals surface area contributed by atoms with E-state index >= 15 is 0 Å². The molecular weight excluding hydrogens is 418 g/mol. The Kier molecular flexibility index (Phi) is 11.6. The summed E-state index contributed by atoms with van der Waals surface area (Å²) in [6, 6.07) is -0.871. The largest absolute Gasteiger partial charge is 0.463 e. The van der Waals surface area contributed by atoms with Crippen molar-refractivity contribution in [1.29, 1.82) is 0 Å². The van der Waals surface area contributed by atoms with E-state index in [-0.39, 0.29) is 47.7 Å². The van der Waals surface area contributed by atoms with E-state index in [9.17, 15) is 14.4 Å². The summed E-state index contributed by atoms with van der Waals surface area (Å²) in [7, 11) is 1.74. The first-order valence-corrected chi connectivity index (χ1v) is 12.5. The number of amides is 2. The summed E-state index contributed by atoms with van der Waals surface area (Å²) in [5, 5.41) is 3.07. The van der Waals surface area contributed by atoms with Gasteiger partial charge in [0.2, 0.25) is 11.8 Å². The Labute approximate surface area is 201 Å². The predicted molar refractivity (Wildman–Crippen MR) is 133 cm³/mol. The highest BCUT2D eigenvalue weighted by Gasteiger charge is 2.37. The van der Waals surface area contributed by atoms with Crippen LogP contribution >= 0.6 is 0 Å². The Hall–Kier alpha value is -1.89. The van der Waals surface area contributed by atoms with Crippen LogP contribution in [0.15, 0.2) is 11.6 Å². The summed E-state index contributed by atoms with van der Waals surface area (Å²) >= 11 is 0. The molecule has 1 heterocycles. The van der Waals surface area contributed by atoms with E-state index in [1.165, 1.54) is 0 Å². The second kappa shape index (κ2) is 13.1. The average Bonchev–Trinajstić information content (AvgIpc) is 2.73. The molecule has 0 radical (unpaired) electrons. The fourth-order valence-corrected chi connectivity index (χ4v) is 4.49. The van der Waals surface area contributed by atoms with Crippen LogP contribution in [0.4, 0.5) is 0 Å². The molecule has 1 rings (SSSR count). The molecule has 0 aromatic rings. The highest BCUT2D eigenvalue weighted by molar-refractivity contribution is 5.91. The molecule has 4 atom stereocenters. The summed E-state index contributed by atoms with van der Waals surface area (Å²) < 4.78 is 5.09. The molecule has 7 nitrogen and oxygen atoms in total. The average molecular weight is 466 g/mol. The van der Waals surface area contributed by atoms with Crippen molar-refractivity contribution in [2.45, 2.75) is 99.3 Å². The van der Waals surface area contributed by atoms with Crippen LogP contribution in [0, 0.1) is 17.8 Å². The van der Waals surface area contributed by atoms with Gasteiger partial charge >= 0.3 is 5.97 Å². The number of ether oxygens (including phenoxy) is 1. The zero-order valence-corrected chi connectivity index (χ0v) is 22.5. The van der Waals surface area contributed by atoms with E-state index < -0.39 is 6.04 Å². The second-order valence-electron chi connectivity index (χ2n) is 10.5. The zero-order valence-electron chi connectivity index (χ0n) is 22.5. The molecule has 0 aromatic carbocycles. The first kappa shape index (κ1) is 29.1. The number of likely N-dealkylation sites (tertiary alicyclic amines) is 1. The minimum absolute atomic E-state index is 0.0677. The van der Waals surface area contributed by atoms with Gasteiger partial charge in [-0.25, -0.2) is 4.79 Å². The molecule has 0 spiro atoms. The van der Waals surface area contributed by atoms with Crippen molar-refractivity contribution in [3.05, 3.63) is 11.6 Å². The standard InChI is InChI=1S/C26H47N3O4/c1-11-33-26(32)20(9)14-22(16(2)3)28(10)25(31)23(17(4)5)27-24(30)21-13-12-19(8)15-29(21)18(6)7/h14,16-19,21-23H,11-13,15H2,1-10H3,(H,27,30)/b20-14+/t19-,21?,22-,23+/m1/s1. The van der Waals surface area contributed by atoms with Gasteiger partial charge in [-0.15, -0.1) is 0 Å². The number of hydrogen-bond acceptors (Lipinski definition) is 5. The maximum absolute atomic E-state index is 13.5. The smallest absolute Gasteiger partial charge is 0.333 e. The normalized spacial score (nSPS) is 21.8. The minimum Gasteiger partial charge on any atom is -0.463 e. The quantitative estimate of drug-likeness (QED) is 0.394. The van der Waals surface area contributed by atoms with E-state index in [1.807, 2.05) is 27.7 Å². The number of piperidine rings is 1. The van der Waals surface area contributed by atoms with Gasteiger partial charge in [0, 0.05) is 25.2 Å². The first-order chi connectivity index (χ1) is 15.3. The number of nitrogens with zero attached hydrogens (tertiary/aromatic N) is 2. The molecule has 1 unspecified atom stereocenters. The van der Waals surface area contributed by atoms with E-state index in [0.717, 1.165) is 19.4 Å². The number of esters is 1.